The summed E-state index contributed by atoms with van der Waals surface area (Å²) in [6.07, 6.45) is 0.778. The van der Waals surface area contributed by atoms with Crippen LogP contribution < -0.4 is 5.32 Å². The highest BCUT2D eigenvalue weighted by molar-refractivity contribution is 7.10. The average Bonchev–Trinajstić information content (AvgIpc) is 3.29. The van der Waals surface area contributed by atoms with Gasteiger partial charge >= 0.3 is 0 Å². The number of benzene rings is 2. The van der Waals surface area contributed by atoms with E-state index in [0.29, 0.717) is 24.6 Å². The fraction of sp³-hybridized carbons (Fsp3) is 0.333. The summed E-state index contributed by atoms with van der Waals surface area (Å²) < 4.78 is 0. The van der Waals surface area contributed by atoms with Gasteiger partial charge in [0.2, 0.25) is 5.91 Å². The summed E-state index contributed by atoms with van der Waals surface area (Å²) in [7, 11) is 0. The quantitative estimate of drug-likeness (QED) is 0.532. The zero-order valence-corrected chi connectivity index (χ0v) is 19.7. The third-order valence-electron chi connectivity index (χ3n) is 5.91. The standard InChI is InChI=1S/C27H30N2O2S/c1-18(2)17-29-25(23-12-7-15-32-23)24(21-10-4-5-11-22(21)27(29)31)26(30)28-14-13-20-9-6-8-19(3)16-20/h4-12,15-16,18,24-25H,13-14,17H2,1-3H3,(H,28,30)/t24-,25-/m0/s1. The van der Waals surface area contributed by atoms with Gasteiger partial charge in [0, 0.05) is 23.5 Å². The summed E-state index contributed by atoms with van der Waals surface area (Å²) in [6, 6.07) is 19.7. The zero-order chi connectivity index (χ0) is 22.7. The Labute approximate surface area is 194 Å². The van der Waals surface area contributed by atoms with Crippen LogP contribution >= 0.6 is 11.3 Å². The van der Waals surface area contributed by atoms with Gasteiger partial charge in [-0.25, -0.2) is 0 Å². The molecule has 0 bridgehead atoms. The molecule has 4 nitrogen and oxygen atoms in total. The van der Waals surface area contributed by atoms with Gasteiger partial charge in [0.1, 0.15) is 0 Å². The predicted octanol–water partition coefficient (Wildman–Crippen LogP) is 5.35. The summed E-state index contributed by atoms with van der Waals surface area (Å²) >= 11 is 1.61. The van der Waals surface area contributed by atoms with E-state index in [9.17, 15) is 9.59 Å². The molecule has 2 heterocycles. The molecule has 1 aromatic heterocycles. The van der Waals surface area contributed by atoms with Gasteiger partial charge in [-0.15, -0.1) is 11.3 Å². The Morgan fingerprint density at radius 1 is 1.09 bits per heavy atom. The zero-order valence-electron chi connectivity index (χ0n) is 18.9. The van der Waals surface area contributed by atoms with Crippen molar-refractivity contribution in [2.45, 2.75) is 39.2 Å². The van der Waals surface area contributed by atoms with E-state index in [1.807, 2.05) is 52.7 Å². The van der Waals surface area contributed by atoms with Crippen molar-refractivity contribution >= 4 is 23.2 Å². The molecular weight excluding hydrogens is 416 g/mol. The van der Waals surface area contributed by atoms with Crippen LogP contribution in [0, 0.1) is 12.8 Å². The average molecular weight is 447 g/mol. The van der Waals surface area contributed by atoms with E-state index in [0.717, 1.165) is 16.9 Å². The molecule has 0 spiro atoms. The molecule has 0 saturated heterocycles. The first-order valence-electron chi connectivity index (χ1n) is 11.2. The summed E-state index contributed by atoms with van der Waals surface area (Å²) in [5.74, 6) is -0.142. The molecule has 3 aromatic rings. The first-order chi connectivity index (χ1) is 15.5. The number of thiophene rings is 1. The number of nitrogens with zero attached hydrogens (tertiary/aromatic N) is 1. The van der Waals surface area contributed by atoms with Gasteiger partial charge in [0.05, 0.1) is 12.0 Å². The first-order valence-corrected chi connectivity index (χ1v) is 12.1. The van der Waals surface area contributed by atoms with Crippen LogP contribution in [0.2, 0.25) is 0 Å². The van der Waals surface area contributed by atoms with E-state index in [1.54, 1.807) is 11.3 Å². The summed E-state index contributed by atoms with van der Waals surface area (Å²) in [5, 5.41) is 5.18. The Hall–Kier alpha value is -2.92. The Bertz CT molecular complexity index is 1090. The van der Waals surface area contributed by atoms with E-state index >= 15 is 0 Å². The molecule has 1 aliphatic heterocycles. The highest BCUT2D eigenvalue weighted by atomic mass is 32.1. The van der Waals surface area contributed by atoms with Gasteiger partial charge in [-0.1, -0.05) is 67.9 Å². The molecule has 1 N–H and O–H groups in total. The van der Waals surface area contributed by atoms with Crippen LogP contribution in [0.5, 0.6) is 0 Å². The van der Waals surface area contributed by atoms with Crippen molar-refractivity contribution in [3.63, 3.8) is 0 Å². The fourth-order valence-electron chi connectivity index (χ4n) is 4.55. The number of carbonyl (C=O) groups is 2. The molecule has 0 saturated carbocycles. The van der Waals surface area contributed by atoms with Crippen molar-refractivity contribution in [1.29, 1.82) is 0 Å². The number of fused-ring (bicyclic) bond motifs is 1. The van der Waals surface area contributed by atoms with E-state index in [1.165, 1.54) is 11.1 Å². The topological polar surface area (TPSA) is 49.4 Å². The Balaban J connectivity index is 1.65. The Morgan fingerprint density at radius 3 is 2.62 bits per heavy atom. The molecule has 1 aliphatic rings. The molecule has 0 fully saturated rings. The maximum absolute atomic E-state index is 13.6. The van der Waals surface area contributed by atoms with Crippen LogP contribution in [0.15, 0.2) is 66.0 Å². The van der Waals surface area contributed by atoms with Gasteiger partial charge < -0.3 is 10.2 Å². The normalized spacial score (nSPS) is 18.0. The summed E-state index contributed by atoms with van der Waals surface area (Å²) in [5.41, 5.74) is 3.89. The van der Waals surface area contributed by atoms with Crippen molar-refractivity contribution in [2.75, 3.05) is 13.1 Å². The highest BCUT2D eigenvalue weighted by Gasteiger charge is 2.44. The second-order valence-electron chi connectivity index (χ2n) is 8.91. The number of amides is 2. The minimum Gasteiger partial charge on any atom is -0.355 e. The van der Waals surface area contributed by atoms with Crippen molar-refractivity contribution < 1.29 is 9.59 Å². The van der Waals surface area contributed by atoms with E-state index < -0.39 is 5.92 Å². The van der Waals surface area contributed by atoms with Crippen molar-refractivity contribution in [3.05, 3.63) is 93.2 Å². The largest absolute Gasteiger partial charge is 0.355 e. The number of hydrogen-bond donors (Lipinski definition) is 1. The molecule has 4 rings (SSSR count). The fourth-order valence-corrected chi connectivity index (χ4v) is 5.43. The van der Waals surface area contributed by atoms with Crippen LogP contribution in [-0.2, 0) is 11.2 Å². The lowest BCUT2D eigenvalue weighted by Crippen LogP contribution is -2.48. The minimum absolute atomic E-state index is 0.0107. The molecule has 166 valence electrons. The Morgan fingerprint density at radius 2 is 1.91 bits per heavy atom. The number of hydrogen-bond acceptors (Lipinski definition) is 3. The molecular formula is C27H30N2O2S. The Kier molecular flexibility index (Phi) is 6.75. The molecule has 2 aromatic carbocycles. The maximum Gasteiger partial charge on any atom is 0.254 e. The van der Waals surface area contributed by atoms with Crippen LogP contribution in [0.4, 0.5) is 0 Å². The van der Waals surface area contributed by atoms with E-state index in [-0.39, 0.29) is 17.9 Å². The molecule has 0 radical (unpaired) electrons. The molecule has 2 atom stereocenters. The minimum atomic E-state index is -0.432. The van der Waals surface area contributed by atoms with Crippen molar-refractivity contribution in [2.24, 2.45) is 5.92 Å². The first kappa shape index (κ1) is 22.3. The summed E-state index contributed by atoms with van der Waals surface area (Å²) in [4.78, 5) is 30.0. The predicted molar refractivity (Wildman–Crippen MR) is 130 cm³/mol. The molecule has 5 heteroatoms. The van der Waals surface area contributed by atoms with Crippen molar-refractivity contribution in [3.8, 4) is 0 Å². The SMILES string of the molecule is Cc1cccc(CCNC(=O)[C@H]2c3ccccc3C(=O)N(CC(C)C)[C@H]2c2cccs2)c1. The van der Waals surface area contributed by atoms with Crippen molar-refractivity contribution in [1.82, 2.24) is 10.2 Å². The molecule has 0 aliphatic carbocycles. The molecule has 32 heavy (non-hydrogen) atoms. The molecule has 0 unspecified atom stereocenters. The second-order valence-corrected chi connectivity index (χ2v) is 9.89. The van der Waals surface area contributed by atoms with Crippen LogP contribution in [0.25, 0.3) is 0 Å². The smallest absolute Gasteiger partial charge is 0.254 e. The second kappa shape index (κ2) is 9.70. The summed E-state index contributed by atoms with van der Waals surface area (Å²) in [6.45, 7) is 7.47. The van der Waals surface area contributed by atoms with E-state index in [2.05, 4.69) is 44.3 Å². The van der Waals surface area contributed by atoms with Gasteiger partial charge in [-0.05, 0) is 47.9 Å². The number of rotatable bonds is 7. The van der Waals surface area contributed by atoms with Gasteiger partial charge in [0.15, 0.2) is 0 Å². The lowest BCUT2D eigenvalue weighted by Gasteiger charge is -2.42. The molecule has 2 amide bonds. The lowest BCUT2D eigenvalue weighted by molar-refractivity contribution is -0.124. The number of aryl methyl sites for hydroxylation is 1. The van der Waals surface area contributed by atoms with Crippen LogP contribution in [0.3, 0.4) is 0 Å². The third kappa shape index (κ3) is 4.63. The van der Waals surface area contributed by atoms with Gasteiger partial charge in [-0.3, -0.25) is 9.59 Å². The van der Waals surface area contributed by atoms with Crippen LogP contribution in [0.1, 0.15) is 57.7 Å². The highest BCUT2D eigenvalue weighted by Crippen LogP contribution is 2.44. The number of nitrogens with one attached hydrogen (secondary N) is 1. The number of carbonyl (C=O) groups excluding carboxylic acids is 2. The van der Waals surface area contributed by atoms with Crippen LogP contribution in [-0.4, -0.2) is 29.8 Å². The van der Waals surface area contributed by atoms with Gasteiger partial charge in [-0.2, -0.15) is 0 Å². The van der Waals surface area contributed by atoms with Gasteiger partial charge in [0.25, 0.3) is 5.91 Å². The van der Waals surface area contributed by atoms with E-state index in [4.69, 9.17) is 0 Å². The maximum atomic E-state index is 13.6. The lowest BCUT2D eigenvalue weighted by atomic mass is 9.81. The monoisotopic (exact) mass is 446 g/mol. The third-order valence-corrected chi connectivity index (χ3v) is 6.86.